The molecular formula is C25H32O3S. The lowest BCUT2D eigenvalue weighted by atomic mass is 9.67. The lowest BCUT2D eigenvalue weighted by molar-refractivity contribution is -0.120. The third kappa shape index (κ3) is 3.88. The van der Waals surface area contributed by atoms with Crippen LogP contribution in [0.2, 0.25) is 0 Å². The predicted octanol–water partition coefficient (Wildman–Crippen LogP) is 6.49. The number of carbonyl (C=O) groups is 2. The number of ether oxygens (including phenoxy) is 1. The summed E-state index contributed by atoms with van der Waals surface area (Å²) in [5.74, 6) is 1.68. The molecule has 1 aromatic rings. The van der Waals surface area contributed by atoms with Gasteiger partial charge in [-0.05, 0) is 35.8 Å². The number of ketones is 2. The molecule has 2 aliphatic carbocycles. The van der Waals surface area contributed by atoms with Crippen molar-refractivity contribution in [2.24, 2.45) is 10.8 Å². The normalized spacial score (nSPS) is 23.8. The Kier molecular flexibility index (Phi) is 5.13. The number of rotatable bonds is 4. The Morgan fingerprint density at radius 1 is 0.931 bits per heavy atom. The summed E-state index contributed by atoms with van der Waals surface area (Å²) >= 11 is 1.77. The largest absolute Gasteiger partial charge is 0.465 e. The van der Waals surface area contributed by atoms with Crippen LogP contribution in [0.3, 0.4) is 0 Å². The van der Waals surface area contributed by atoms with Crippen LogP contribution in [0.4, 0.5) is 0 Å². The fraction of sp³-hybridized carbons (Fsp3) is 0.600. The molecule has 0 bridgehead atoms. The molecule has 0 saturated carbocycles. The number of unbranched alkanes of at least 4 members (excludes halogenated alkanes) is 1. The Hall–Kier alpha value is -1.68. The molecule has 0 radical (unpaired) electrons. The van der Waals surface area contributed by atoms with Crippen molar-refractivity contribution < 1.29 is 14.3 Å². The maximum atomic E-state index is 13.2. The second-order valence-corrected chi connectivity index (χ2v) is 11.7. The van der Waals surface area contributed by atoms with E-state index in [9.17, 15) is 9.59 Å². The number of carbonyl (C=O) groups excluding carboxylic acids is 2. The van der Waals surface area contributed by atoms with Gasteiger partial charge in [-0.1, -0.05) is 41.0 Å². The molecule has 0 unspecified atom stereocenters. The van der Waals surface area contributed by atoms with Crippen LogP contribution in [-0.4, -0.2) is 11.6 Å². The summed E-state index contributed by atoms with van der Waals surface area (Å²) in [4.78, 5) is 29.0. The van der Waals surface area contributed by atoms with Crippen molar-refractivity contribution >= 4 is 22.9 Å². The van der Waals surface area contributed by atoms with Crippen molar-refractivity contribution in [3.05, 3.63) is 44.6 Å². The molecule has 0 atom stereocenters. The van der Waals surface area contributed by atoms with E-state index in [2.05, 4.69) is 46.8 Å². The minimum absolute atomic E-state index is 0.103. The van der Waals surface area contributed by atoms with Gasteiger partial charge in [0.1, 0.15) is 11.5 Å². The molecule has 156 valence electrons. The molecule has 3 nitrogen and oxygen atoms in total. The summed E-state index contributed by atoms with van der Waals surface area (Å²) in [6, 6.07) is 4.32. The van der Waals surface area contributed by atoms with Crippen LogP contribution in [0.1, 0.15) is 88.8 Å². The van der Waals surface area contributed by atoms with Crippen LogP contribution in [0.5, 0.6) is 0 Å². The van der Waals surface area contributed by atoms with Gasteiger partial charge in [0.25, 0.3) is 0 Å². The molecular weight excluding hydrogens is 380 g/mol. The minimum atomic E-state index is -0.235. The third-order valence-corrected chi connectivity index (χ3v) is 7.54. The van der Waals surface area contributed by atoms with Crippen LogP contribution < -0.4 is 0 Å². The second kappa shape index (κ2) is 7.23. The lowest BCUT2D eigenvalue weighted by Gasteiger charge is -2.42. The van der Waals surface area contributed by atoms with Crippen LogP contribution in [0.25, 0.3) is 0 Å². The molecule has 1 aromatic heterocycles. The fourth-order valence-electron chi connectivity index (χ4n) is 4.99. The van der Waals surface area contributed by atoms with Crippen molar-refractivity contribution in [3.63, 3.8) is 0 Å². The smallest absolute Gasteiger partial charge is 0.163 e. The van der Waals surface area contributed by atoms with Crippen molar-refractivity contribution in [2.45, 2.75) is 85.5 Å². The number of Topliss-reactive ketones (excluding diaryl/α,β-unsaturated/α-hetero) is 2. The van der Waals surface area contributed by atoms with Crippen LogP contribution in [-0.2, 0) is 20.7 Å². The molecule has 0 aromatic carbocycles. The van der Waals surface area contributed by atoms with Gasteiger partial charge < -0.3 is 4.74 Å². The fourth-order valence-corrected chi connectivity index (χ4v) is 6.17. The number of hydrogen-bond acceptors (Lipinski definition) is 4. The molecule has 0 spiro atoms. The maximum Gasteiger partial charge on any atom is 0.163 e. The quantitative estimate of drug-likeness (QED) is 0.567. The Morgan fingerprint density at radius 3 is 2.00 bits per heavy atom. The first-order chi connectivity index (χ1) is 13.6. The Balaban J connectivity index is 1.82. The molecule has 0 amide bonds. The highest BCUT2D eigenvalue weighted by molar-refractivity contribution is 7.12. The van der Waals surface area contributed by atoms with Gasteiger partial charge in [0.05, 0.1) is 5.92 Å². The van der Waals surface area contributed by atoms with Gasteiger partial charge in [0, 0.05) is 46.6 Å². The highest BCUT2D eigenvalue weighted by Crippen LogP contribution is 2.54. The summed E-state index contributed by atoms with van der Waals surface area (Å²) < 4.78 is 6.35. The lowest BCUT2D eigenvalue weighted by Crippen LogP contribution is -2.37. The van der Waals surface area contributed by atoms with E-state index < -0.39 is 0 Å². The van der Waals surface area contributed by atoms with E-state index in [-0.39, 0.29) is 28.3 Å². The van der Waals surface area contributed by atoms with Crippen molar-refractivity contribution in [2.75, 3.05) is 0 Å². The molecule has 3 aliphatic rings. The highest BCUT2D eigenvalue weighted by atomic mass is 32.1. The van der Waals surface area contributed by atoms with Gasteiger partial charge in [-0.3, -0.25) is 9.59 Å². The van der Waals surface area contributed by atoms with Gasteiger partial charge >= 0.3 is 0 Å². The summed E-state index contributed by atoms with van der Waals surface area (Å²) in [7, 11) is 0. The molecule has 29 heavy (non-hydrogen) atoms. The highest BCUT2D eigenvalue weighted by Gasteiger charge is 2.48. The van der Waals surface area contributed by atoms with Crippen LogP contribution in [0.15, 0.2) is 34.8 Å². The van der Waals surface area contributed by atoms with Crippen molar-refractivity contribution in [1.82, 2.24) is 0 Å². The van der Waals surface area contributed by atoms with E-state index in [0.29, 0.717) is 12.8 Å². The zero-order chi connectivity index (χ0) is 21.0. The minimum Gasteiger partial charge on any atom is -0.465 e. The van der Waals surface area contributed by atoms with E-state index in [1.54, 1.807) is 11.3 Å². The SMILES string of the molecule is CCCCc1ccc(C2C3=C(CC(C)(C)CC3=O)OC3=C2C(=O)CC(C)(C)C3)s1. The maximum absolute atomic E-state index is 13.2. The summed E-state index contributed by atoms with van der Waals surface area (Å²) in [5.41, 5.74) is 1.29. The zero-order valence-electron chi connectivity index (χ0n) is 18.3. The molecule has 0 fully saturated rings. The number of allylic oxidation sites excluding steroid dienone is 4. The number of thiophene rings is 1. The first-order valence-electron chi connectivity index (χ1n) is 10.9. The first kappa shape index (κ1) is 20.6. The first-order valence-corrected chi connectivity index (χ1v) is 11.7. The molecule has 4 rings (SSSR count). The summed E-state index contributed by atoms with van der Waals surface area (Å²) in [6.07, 6.45) is 5.93. The average Bonchev–Trinajstić information content (AvgIpc) is 3.04. The van der Waals surface area contributed by atoms with Gasteiger partial charge in [-0.15, -0.1) is 11.3 Å². The van der Waals surface area contributed by atoms with Gasteiger partial charge in [-0.25, -0.2) is 0 Å². The van der Waals surface area contributed by atoms with Crippen LogP contribution in [0, 0.1) is 10.8 Å². The Labute approximate surface area is 178 Å². The van der Waals surface area contributed by atoms with E-state index in [0.717, 1.165) is 59.6 Å². The second-order valence-electron chi connectivity index (χ2n) is 10.5. The van der Waals surface area contributed by atoms with Gasteiger partial charge in [0.15, 0.2) is 11.6 Å². The molecule has 2 heterocycles. The molecule has 1 aliphatic heterocycles. The number of aryl methyl sites for hydroxylation is 1. The average molecular weight is 413 g/mol. The van der Waals surface area contributed by atoms with E-state index in [1.807, 2.05) is 0 Å². The zero-order valence-corrected chi connectivity index (χ0v) is 19.1. The van der Waals surface area contributed by atoms with Gasteiger partial charge in [0.2, 0.25) is 0 Å². The van der Waals surface area contributed by atoms with Crippen molar-refractivity contribution in [1.29, 1.82) is 0 Å². The van der Waals surface area contributed by atoms with E-state index in [1.165, 1.54) is 4.88 Å². The van der Waals surface area contributed by atoms with E-state index in [4.69, 9.17) is 4.74 Å². The molecule has 0 N–H and O–H groups in total. The van der Waals surface area contributed by atoms with Crippen LogP contribution >= 0.6 is 11.3 Å². The summed E-state index contributed by atoms with van der Waals surface area (Å²) in [6.45, 7) is 10.7. The topological polar surface area (TPSA) is 43.4 Å². The Morgan fingerprint density at radius 2 is 1.48 bits per heavy atom. The summed E-state index contributed by atoms with van der Waals surface area (Å²) in [5, 5.41) is 0. The van der Waals surface area contributed by atoms with Crippen molar-refractivity contribution in [3.8, 4) is 0 Å². The third-order valence-electron chi connectivity index (χ3n) is 6.33. The van der Waals surface area contributed by atoms with Gasteiger partial charge in [-0.2, -0.15) is 0 Å². The Bertz CT molecular complexity index is 874. The molecule has 4 heteroatoms. The molecule has 0 saturated heterocycles. The predicted molar refractivity (Wildman–Crippen MR) is 117 cm³/mol. The monoisotopic (exact) mass is 412 g/mol. The van der Waals surface area contributed by atoms with E-state index >= 15 is 0 Å². The standard InChI is InChI=1S/C25H32O3S/c1-6-7-8-15-9-10-20(29-15)23-21-16(26)11-24(2,3)13-18(21)28-19-14-25(4,5)12-17(27)22(19)23/h9-10,23H,6-8,11-14H2,1-5H3. The number of hydrogen-bond donors (Lipinski definition) is 0.